The summed E-state index contributed by atoms with van der Waals surface area (Å²) < 4.78 is 31.4. The number of hydrogen-bond donors (Lipinski definition) is 1. The summed E-state index contributed by atoms with van der Waals surface area (Å²) in [4.78, 5) is 13.1. The fourth-order valence-corrected chi connectivity index (χ4v) is 4.85. The summed E-state index contributed by atoms with van der Waals surface area (Å²) in [6.07, 6.45) is -0.662. The van der Waals surface area contributed by atoms with Crippen molar-refractivity contribution in [2.75, 3.05) is 14.1 Å². The first-order valence-corrected chi connectivity index (χ1v) is 11.2. The molecule has 0 saturated heterocycles. The summed E-state index contributed by atoms with van der Waals surface area (Å²) >= 11 is 1.14. The van der Waals surface area contributed by atoms with Crippen molar-refractivity contribution in [3.05, 3.63) is 46.8 Å². The van der Waals surface area contributed by atoms with E-state index in [0.717, 1.165) is 16.2 Å². The normalized spacial score (nSPS) is 13.4. The Morgan fingerprint density at radius 2 is 1.75 bits per heavy atom. The maximum atomic E-state index is 12.3. The van der Waals surface area contributed by atoms with Gasteiger partial charge in [0.2, 0.25) is 0 Å². The van der Waals surface area contributed by atoms with Crippen LogP contribution < -0.4 is 10.1 Å². The molecule has 0 aliphatic rings. The lowest BCUT2D eigenvalue weighted by molar-refractivity contribution is -0.127. The number of sulfonamides is 1. The third-order valence-corrected chi connectivity index (χ3v) is 7.58. The van der Waals surface area contributed by atoms with Crippen molar-refractivity contribution < 1.29 is 17.9 Å². The molecule has 1 unspecified atom stereocenters. The Labute approximate surface area is 171 Å². The Balaban J connectivity index is 1.92. The van der Waals surface area contributed by atoms with Crippen LogP contribution >= 0.6 is 11.3 Å². The van der Waals surface area contributed by atoms with Crippen molar-refractivity contribution in [2.45, 2.75) is 50.0 Å². The molecule has 2 aromatic rings. The zero-order chi connectivity index (χ0) is 21.1. The molecule has 1 atom stereocenters. The third kappa shape index (κ3) is 5.56. The SMILES string of the molecule is CC(Oc1ccc(C(C)(C)C)cc1)C(=O)NCc1ccc(S(=O)(=O)N(C)C)s1. The highest BCUT2D eigenvalue weighted by molar-refractivity contribution is 7.91. The van der Waals surface area contributed by atoms with E-state index >= 15 is 0 Å². The van der Waals surface area contributed by atoms with Crippen molar-refractivity contribution in [3.8, 4) is 5.75 Å². The van der Waals surface area contributed by atoms with Crippen molar-refractivity contribution in [1.82, 2.24) is 9.62 Å². The van der Waals surface area contributed by atoms with E-state index in [0.29, 0.717) is 5.75 Å². The molecular weight excluding hydrogens is 396 g/mol. The lowest BCUT2D eigenvalue weighted by Gasteiger charge is -2.20. The molecule has 1 heterocycles. The minimum Gasteiger partial charge on any atom is -0.481 e. The molecule has 0 radical (unpaired) electrons. The topological polar surface area (TPSA) is 75.7 Å². The second-order valence-electron chi connectivity index (χ2n) is 7.76. The van der Waals surface area contributed by atoms with Gasteiger partial charge in [0.1, 0.15) is 9.96 Å². The van der Waals surface area contributed by atoms with E-state index in [1.54, 1.807) is 19.1 Å². The van der Waals surface area contributed by atoms with E-state index < -0.39 is 16.1 Å². The molecule has 2 rings (SSSR count). The Morgan fingerprint density at radius 1 is 1.14 bits per heavy atom. The smallest absolute Gasteiger partial charge is 0.261 e. The van der Waals surface area contributed by atoms with E-state index in [4.69, 9.17) is 4.74 Å². The van der Waals surface area contributed by atoms with Gasteiger partial charge in [-0.25, -0.2) is 12.7 Å². The fourth-order valence-electron chi connectivity index (χ4n) is 2.38. The van der Waals surface area contributed by atoms with E-state index in [1.165, 1.54) is 24.0 Å². The van der Waals surface area contributed by atoms with Crippen LogP contribution in [0.5, 0.6) is 5.75 Å². The van der Waals surface area contributed by atoms with Crippen LogP contribution in [0.25, 0.3) is 0 Å². The molecule has 1 aromatic heterocycles. The van der Waals surface area contributed by atoms with Crippen molar-refractivity contribution in [2.24, 2.45) is 0 Å². The molecule has 0 aliphatic heterocycles. The maximum Gasteiger partial charge on any atom is 0.261 e. The molecule has 1 N–H and O–H groups in total. The van der Waals surface area contributed by atoms with Crippen LogP contribution in [0, 0.1) is 0 Å². The summed E-state index contributed by atoms with van der Waals surface area (Å²) in [5.41, 5.74) is 1.25. The van der Waals surface area contributed by atoms with Crippen molar-refractivity contribution in [1.29, 1.82) is 0 Å². The molecule has 0 fully saturated rings. The fraction of sp³-hybridized carbons (Fsp3) is 0.450. The first kappa shape index (κ1) is 22.4. The van der Waals surface area contributed by atoms with Gasteiger partial charge in [0, 0.05) is 19.0 Å². The monoisotopic (exact) mass is 424 g/mol. The molecule has 0 saturated carbocycles. The first-order chi connectivity index (χ1) is 12.9. The Bertz CT molecular complexity index is 910. The molecule has 1 aromatic carbocycles. The largest absolute Gasteiger partial charge is 0.481 e. The standard InChI is InChI=1S/C20H28N2O4S2/c1-14(26-16-9-7-15(8-10-16)20(2,3)4)19(23)21-13-17-11-12-18(27-17)28(24,25)22(5)6/h7-12,14H,13H2,1-6H3,(H,21,23). The van der Waals surface area contributed by atoms with Crippen LogP contribution in [-0.4, -0.2) is 38.8 Å². The molecule has 0 spiro atoms. The number of nitrogens with zero attached hydrogens (tertiary/aromatic N) is 1. The van der Waals surface area contributed by atoms with Gasteiger partial charge >= 0.3 is 0 Å². The zero-order valence-electron chi connectivity index (χ0n) is 17.1. The number of benzene rings is 1. The molecule has 0 aliphatic carbocycles. The van der Waals surface area contributed by atoms with Gasteiger partial charge in [-0.1, -0.05) is 32.9 Å². The number of nitrogens with one attached hydrogen (secondary N) is 1. The Morgan fingerprint density at radius 3 is 2.29 bits per heavy atom. The number of thiophene rings is 1. The van der Waals surface area contributed by atoms with Gasteiger partial charge < -0.3 is 10.1 Å². The number of amides is 1. The summed E-state index contributed by atoms with van der Waals surface area (Å²) in [5.74, 6) is 0.372. The highest BCUT2D eigenvalue weighted by Gasteiger charge is 2.20. The minimum absolute atomic E-state index is 0.0567. The third-order valence-electron chi connectivity index (χ3n) is 4.21. The van der Waals surface area contributed by atoms with Gasteiger partial charge in [0.05, 0.1) is 6.54 Å². The maximum absolute atomic E-state index is 12.3. The van der Waals surface area contributed by atoms with Gasteiger partial charge in [0.25, 0.3) is 15.9 Å². The highest BCUT2D eigenvalue weighted by atomic mass is 32.2. The van der Waals surface area contributed by atoms with Crippen molar-refractivity contribution >= 4 is 27.3 Å². The van der Waals surface area contributed by atoms with E-state index in [1.807, 2.05) is 24.3 Å². The second-order valence-corrected chi connectivity index (χ2v) is 11.3. The number of hydrogen-bond acceptors (Lipinski definition) is 5. The molecular formula is C20H28N2O4S2. The van der Waals surface area contributed by atoms with E-state index in [9.17, 15) is 13.2 Å². The molecule has 28 heavy (non-hydrogen) atoms. The minimum atomic E-state index is -3.45. The van der Waals surface area contributed by atoms with Gasteiger partial charge in [-0.05, 0) is 42.2 Å². The van der Waals surface area contributed by atoms with Crippen LogP contribution in [0.1, 0.15) is 38.1 Å². The molecule has 154 valence electrons. The van der Waals surface area contributed by atoms with Gasteiger partial charge in [0.15, 0.2) is 6.10 Å². The van der Waals surface area contributed by atoms with Gasteiger partial charge in [-0.2, -0.15) is 0 Å². The Hall–Kier alpha value is -1.90. The highest BCUT2D eigenvalue weighted by Crippen LogP contribution is 2.25. The lowest BCUT2D eigenvalue weighted by atomic mass is 9.87. The van der Waals surface area contributed by atoms with Crippen LogP contribution in [0.2, 0.25) is 0 Å². The number of rotatable bonds is 7. The van der Waals surface area contributed by atoms with Crippen LogP contribution in [0.4, 0.5) is 0 Å². The summed E-state index contributed by atoms with van der Waals surface area (Å²) in [7, 11) is -0.472. The quantitative estimate of drug-likeness (QED) is 0.739. The van der Waals surface area contributed by atoms with Crippen LogP contribution in [0.15, 0.2) is 40.6 Å². The summed E-state index contributed by atoms with van der Waals surface area (Å²) in [5, 5.41) is 2.79. The summed E-state index contributed by atoms with van der Waals surface area (Å²) in [6, 6.07) is 11.0. The zero-order valence-corrected chi connectivity index (χ0v) is 18.8. The average molecular weight is 425 g/mol. The molecule has 6 nitrogen and oxygen atoms in total. The first-order valence-electron chi connectivity index (χ1n) is 8.97. The Kier molecular flexibility index (Phi) is 6.90. The second kappa shape index (κ2) is 8.63. The number of ether oxygens (including phenoxy) is 1. The van der Waals surface area contributed by atoms with E-state index in [2.05, 4.69) is 26.1 Å². The van der Waals surface area contributed by atoms with Gasteiger partial charge in [-0.3, -0.25) is 4.79 Å². The molecule has 0 bridgehead atoms. The number of carbonyl (C=O) groups is 1. The van der Waals surface area contributed by atoms with Gasteiger partial charge in [-0.15, -0.1) is 11.3 Å². The molecule has 8 heteroatoms. The predicted octanol–water partition coefficient (Wildman–Crippen LogP) is 3.38. The van der Waals surface area contributed by atoms with Crippen LogP contribution in [0.3, 0.4) is 0 Å². The van der Waals surface area contributed by atoms with Crippen molar-refractivity contribution in [3.63, 3.8) is 0 Å². The average Bonchev–Trinajstić information content (AvgIpc) is 3.09. The van der Waals surface area contributed by atoms with E-state index in [-0.39, 0.29) is 22.1 Å². The summed E-state index contributed by atoms with van der Waals surface area (Å²) in [6.45, 7) is 8.35. The number of carbonyl (C=O) groups excluding carboxylic acids is 1. The van der Waals surface area contributed by atoms with Crippen LogP contribution in [-0.2, 0) is 26.8 Å². The molecule has 1 amide bonds. The predicted molar refractivity (Wildman–Crippen MR) is 112 cm³/mol. The lowest BCUT2D eigenvalue weighted by Crippen LogP contribution is -2.35.